The van der Waals surface area contributed by atoms with Crippen molar-refractivity contribution in [2.24, 2.45) is 0 Å². The highest BCUT2D eigenvalue weighted by Crippen LogP contribution is 2.29. The lowest BCUT2D eigenvalue weighted by atomic mass is 9.87. The van der Waals surface area contributed by atoms with Crippen molar-refractivity contribution in [3.8, 4) is 18.1 Å². The van der Waals surface area contributed by atoms with Crippen molar-refractivity contribution in [3.05, 3.63) is 29.8 Å². The first-order valence-electron chi connectivity index (χ1n) is 6.22. The molecule has 2 unspecified atom stereocenters. The quantitative estimate of drug-likeness (QED) is 0.819. The van der Waals surface area contributed by atoms with Gasteiger partial charge in [0.15, 0.2) is 0 Å². The molecule has 1 N–H and O–H groups in total. The summed E-state index contributed by atoms with van der Waals surface area (Å²) in [5.74, 6) is 3.67. The highest BCUT2D eigenvalue weighted by atomic mass is 16.5. The van der Waals surface area contributed by atoms with E-state index in [1.807, 2.05) is 24.3 Å². The summed E-state index contributed by atoms with van der Waals surface area (Å²) in [7, 11) is 1.65. The summed E-state index contributed by atoms with van der Waals surface area (Å²) >= 11 is 0. The number of rotatable bonds is 3. The van der Waals surface area contributed by atoms with E-state index < -0.39 is 0 Å². The van der Waals surface area contributed by atoms with Crippen molar-refractivity contribution in [3.63, 3.8) is 0 Å². The minimum Gasteiger partial charge on any atom is -0.497 e. The van der Waals surface area contributed by atoms with Gasteiger partial charge in [0.05, 0.1) is 19.8 Å². The largest absolute Gasteiger partial charge is 0.497 e. The van der Waals surface area contributed by atoms with Gasteiger partial charge in [0.1, 0.15) is 5.75 Å². The molecule has 3 nitrogen and oxygen atoms in total. The van der Waals surface area contributed by atoms with E-state index in [9.17, 15) is 5.11 Å². The normalized spacial score (nSPS) is 24.5. The fourth-order valence-corrected chi connectivity index (χ4v) is 2.51. The number of aliphatic hydroxyl groups excluding tert-OH is 1. The monoisotopic (exact) mass is 245 g/mol. The van der Waals surface area contributed by atoms with Gasteiger partial charge in [-0.05, 0) is 30.7 Å². The van der Waals surface area contributed by atoms with E-state index in [1.165, 1.54) is 5.56 Å². The lowest BCUT2D eigenvalue weighted by molar-refractivity contribution is 0.0579. The molecule has 1 heterocycles. The van der Waals surface area contributed by atoms with Crippen LogP contribution in [0.25, 0.3) is 0 Å². The van der Waals surface area contributed by atoms with Crippen LogP contribution in [0.1, 0.15) is 17.9 Å². The van der Waals surface area contributed by atoms with Crippen LogP contribution in [0, 0.1) is 12.3 Å². The number of hydrogen-bond acceptors (Lipinski definition) is 3. The van der Waals surface area contributed by atoms with Crippen molar-refractivity contribution in [1.82, 2.24) is 4.90 Å². The molecule has 1 saturated heterocycles. The standard InChI is InChI=1S/C15H19NO2/c1-3-9-16-10-8-14(15(17)11-16)12-4-6-13(18-2)7-5-12/h1,4-7,14-15,17H,8-11H2,2H3. The number of piperidine rings is 1. The molecule has 0 amide bonds. The van der Waals surface area contributed by atoms with Crippen molar-refractivity contribution in [1.29, 1.82) is 0 Å². The molecular formula is C15H19NO2. The maximum Gasteiger partial charge on any atom is 0.118 e. The zero-order valence-electron chi connectivity index (χ0n) is 10.7. The van der Waals surface area contributed by atoms with Crippen LogP contribution in [0.3, 0.4) is 0 Å². The Balaban J connectivity index is 2.03. The number of methoxy groups -OCH3 is 1. The summed E-state index contributed by atoms with van der Waals surface area (Å²) < 4.78 is 5.14. The number of nitrogens with zero attached hydrogens (tertiary/aromatic N) is 1. The Labute approximate surface area is 108 Å². The van der Waals surface area contributed by atoms with Gasteiger partial charge in [0.25, 0.3) is 0 Å². The number of benzene rings is 1. The Morgan fingerprint density at radius 2 is 2.17 bits per heavy atom. The third kappa shape index (κ3) is 2.84. The Morgan fingerprint density at radius 3 is 2.72 bits per heavy atom. The number of β-amino-alcohol motifs (C(OH)–C–C–N with tert-alkyl or cyclic N) is 1. The summed E-state index contributed by atoms with van der Waals surface area (Å²) in [6.07, 6.45) is 5.89. The molecule has 2 rings (SSSR count). The van der Waals surface area contributed by atoms with E-state index in [2.05, 4.69) is 10.8 Å². The average Bonchev–Trinajstić information content (AvgIpc) is 2.40. The lowest BCUT2D eigenvalue weighted by Gasteiger charge is -2.35. The van der Waals surface area contributed by atoms with Gasteiger partial charge in [-0.15, -0.1) is 6.42 Å². The molecule has 1 aromatic rings. The molecule has 1 aliphatic rings. The van der Waals surface area contributed by atoms with Gasteiger partial charge in [-0.1, -0.05) is 18.1 Å². The van der Waals surface area contributed by atoms with E-state index in [0.717, 1.165) is 18.7 Å². The smallest absolute Gasteiger partial charge is 0.118 e. The highest BCUT2D eigenvalue weighted by molar-refractivity contribution is 5.30. The summed E-state index contributed by atoms with van der Waals surface area (Å²) in [6.45, 7) is 2.21. The fourth-order valence-electron chi connectivity index (χ4n) is 2.51. The zero-order chi connectivity index (χ0) is 13.0. The molecule has 3 heteroatoms. The van der Waals surface area contributed by atoms with Crippen LogP contribution in [0.15, 0.2) is 24.3 Å². The highest BCUT2D eigenvalue weighted by Gasteiger charge is 2.28. The number of likely N-dealkylation sites (tertiary alicyclic amines) is 1. The Morgan fingerprint density at radius 1 is 1.44 bits per heavy atom. The molecule has 2 atom stereocenters. The SMILES string of the molecule is C#CCN1CCC(c2ccc(OC)cc2)C(O)C1. The van der Waals surface area contributed by atoms with Gasteiger partial charge in [0, 0.05) is 12.5 Å². The summed E-state index contributed by atoms with van der Waals surface area (Å²) in [6, 6.07) is 7.94. The molecule has 0 spiro atoms. The third-order valence-corrected chi connectivity index (χ3v) is 3.52. The minimum absolute atomic E-state index is 0.199. The molecule has 96 valence electrons. The predicted octanol–water partition coefficient (Wildman–Crippen LogP) is 1.48. The molecule has 1 aliphatic heterocycles. The Kier molecular flexibility index (Phi) is 4.24. The van der Waals surface area contributed by atoms with Crippen LogP contribution in [0.2, 0.25) is 0 Å². The maximum atomic E-state index is 10.2. The zero-order valence-corrected chi connectivity index (χ0v) is 10.7. The van der Waals surface area contributed by atoms with Crippen LogP contribution < -0.4 is 4.74 Å². The molecule has 0 aliphatic carbocycles. The third-order valence-electron chi connectivity index (χ3n) is 3.52. The van der Waals surface area contributed by atoms with Crippen LogP contribution in [-0.4, -0.2) is 42.9 Å². The molecule has 0 aromatic heterocycles. The van der Waals surface area contributed by atoms with Gasteiger partial charge in [-0.2, -0.15) is 0 Å². The summed E-state index contributed by atoms with van der Waals surface area (Å²) in [5.41, 5.74) is 1.17. The van der Waals surface area contributed by atoms with Crippen LogP contribution >= 0.6 is 0 Å². The summed E-state index contributed by atoms with van der Waals surface area (Å²) in [4.78, 5) is 2.12. The first-order valence-corrected chi connectivity index (χ1v) is 6.22. The van der Waals surface area contributed by atoms with E-state index >= 15 is 0 Å². The fraction of sp³-hybridized carbons (Fsp3) is 0.467. The average molecular weight is 245 g/mol. The molecule has 0 bridgehead atoms. The van der Waals surface area contributed by atoms with Gasteiger partial charge in [-0.25, -0.2) is 0 Å². The van der Waals surface area contributed by atoms with Gasteiger partial charge in [0.2, 0.25) is 0 Å². The topological polar surface area (TPSA) is 32.7 Å². The number of hydrogen-bond donors (Lipinski definition) is 1. The minimum atomic E-state index is -0.347. The van der Waals surface area contributed by atoms with E-state index in [4.69, 9.17) is 11.2 Å². The lowest BCUT2D eigenvalue weighted by Crippen LogP contribution is -2.42. The molecule has 0 radical (unpaired) electrons. The molecule has 18 heavy (non-hydrogen) atoms. The van der Waals surface area contributed by atoms with Crippen molar-refractivity contribution in [2.75, 3.05) is 26.7 Å². The van der Waals surface area contributed by atoms with Crippen LogP contribution in [-0.2, 0) is 0 Å². The second kappa shape index (κ2) is 5.90. The van der Waals surface area contributed by atoms with Crippen molar-refractivity contribution < 1.29 is 9.84 Å². The first-order chi connectivity index (χ1) is 8.74. The Bertz CT molecular complexity index is 421. The number of ether oxygens (including phenoxy) is 1. The second-order valence-electron chi connectivity index (χ2n) is 4.67. The predicted molar refractivity (Wildman–Crippen MR) is 71.6 cm³/mol. The molecular weight excluding hydrogens is 226 g/mol. The second-order valence-corrected chi connectivity index (χ2v) is 4.67. The summed E-state index contributed by atoms with van der Waals surface area (Å²) in [5, 5.41) is 10.2. The molecule has 0 saturated carbocycles. The molecule has 1 aromatic carbocycles. The number of terminal acetylenes is 1. The van der Waals surface area contributed by atoms with Gasteiger partial charge in [-0.3, -0.25) is 4.90 Å². The van der Waals surface area contributed by atoms with Gasteiger partial charge >= 0.3 is 0 Å². The van der Waals surface area contributed by atoms with E-state index in [1.54, 1.807) is 7.11 Å². The van der Waals surface area contributed by atoms with Gasteiger partial charge < -0.3 is 9.84 Å². The Hall–Kier alpha value is -1.50. The van der Waals surface area contributed by atoms with Crippen molar-refractivity contribution in [2.45, 2.75) is 18.4 Å². The van der Waals surface area contributed by atoms with E-state index in [-0.39, 0.29) is 12.0 Å². The molecule has 1 fully saturated rings. The van der Waals surface area contributed by atoms with Crippen LogP contribution in [0.4, 0.5) is 0 Å². The van der Waals surface area contributed by atoms with Crippen LogP contribution in [0.5, 0.6) is 5.75 Å². The van der Waals surface area contributed by atoms with E-state index in [0.29, 0.717) is 13.1 Å². The number of aliphatic hydroxyl groups is 1. The van der Waals surface area contributed by atoms with Crippen molar-refractivity contribution >= 4 is 0 Å². The maximum absolute atomic E-state index is 10.2. The first kappa shape index (κ1) is 12.9.